The molecule has 0 fully saturated rings. The lowest BCUT2D eigenvalue weighted by atomic mass is 9.87. The quantitative estimate of drug-likeness (QED) is 0.691. The Kier molecular flexibility index (Phi) is 1.99. The predicted octanol–water partition coefficient (Wildman–Crippen LogP) is 3.89. The van der Waals surface area contributed by atoms with E-state index in [1.165, 1.54) is 5.56 Å². The van der Waals surface area contributed by atoms with E-state index in [-0.39, 0.29) is 11.9 Å². The molecule has 2 heterocycles. The zero-order valence-corrected chi connectivity index (χ0v) is 10.6. The summed E-state index contributed by atoms with van der Waals surface area (Å²) in [5, 5.41) is 0. The average molecular weight is 247 g/mol. The lowest BCUT2D eigenvalue weighted by Gasteiger charge is -2.43. The summed E-state index contributed by atoms with van der Waals surface area (Å²) < 4.78 is 0. The van der Waals surface area contributed by atoms with E-state index in [4.69, 9.17) is 0 Å². The van der Waals surface area contributed by atoms with E-state index >= 15 is 0 Å². The first kappa shape index (κ1) is 10.6. The van der Waals surface area contributed by atoms with Gasteiger partial charge in [-0.2, -0.15) is 0 Å². The van der Waals surface area contributed by atoms with Crippen molar-refractivity contribution in [3.05, 3.63) is 64.7 Å². The maximum Gasteiger partial charge on any atom is 0.259 e. The Bertz CT molecular complexity index is 730. The molecule has 0 radical (unpaired) electrons. The number of nitrogens with zero attached hydrogens (tertiary/aromatic N) is 1. The molecule has 92 valence electrons. The van der Waals surface area contributed by atoms with Crippen LogP contribution in [0.5, 0.6) is 0 Å². The van der Waals surface area contributed by atoms with Gasteiger partial charge in [-0.1, -0.05) is 48.6 Å². The molecule has 2 aromatic carbocycles. The van der Waals surface area contributed by atoms with Crippen LogP contribution in [0.25, 0.3) is 12.2 Å². The molecule has 1 unspecified atom stereocenters. The fraction of sp³-hybridized carbons (Fsp3) is 0.118. The van der Waals surface area contributed by atoms with Crippen LogP contribution in [0.2, 0.25) is 0 Å². The highest BCUT2D eigenvalue weighted by Gasteiger charge is 2.38. The van der Waals surface area contributed by atoms with Crippen molar-refractivity contribution in [2.75, 3.05) is 4.90 Å². The Morgan fingerprint density at radius 2 is 1.68 bits per heavy atom. The number of carbonyl (C=O) groups excluding carboxylic acids is 1. The number of benzene rings is 2. The van der Waals surface area contributed by atoms with E-state index in [2.05, 4.69) is 31.2 Å². The van der Waals surface area contributed by atoms with Gasteiger partial charge in [0.15, 0.2) is 0 Å². The van der Waals surface area contributed by atoms with Crippen molar-refractivity contribution >= 4 is 23.7 Å². The van der Waals surface area contributed by atoms with E-state index in [1.807, 2.05) is 35.2 Å². The fourth-order valence-electron chi connectivity index (χ4n) is 3.02. The first-order valence-corrected chi connectivity index (χ1v) is 6.51. The topological polar surface area (TPSA) is 20.3 Å². The lowest BCUT2D eigenvalue weighted by Crippen LogP contribution is -2.42. The summed E-state index contributed by atoms with van der Waals surface area (Å²) in [5.41, 5.74) is 5.23. The maximum absolute atomic E-state index is 12.7. The molecule has 0 spiro atoms. The molecule has 4 rings (SSSR count). The van der Waals surface area contributed by atoms with Gasteiger partial charge >= 0.3 is 0 Å². The van der Waals surface area contributed by atoms with E-state index in [0.717, 1.165) is 22.4 Å². The van der Waals surface area contributed by atoms with E-state index in [9.17, 15) is 4.79 Å². The molecule has 0 N–H and O–H groups in total. The molecule has 1 atom stereocenters. The highest BCUT2D eigenvalue weighted by atomic mass is 16.2. The van der Waals surface area contributed by atoms with Crippen molar-refractivity contribution in [1.29, 1.82) is 0 Å². The van der Waals surface area contributed by atoms with Crippen LogP contribution in [0.3, 0.4) is 0 Å². The second-order valence-corrected chi connectivity index (χ2v) is 5.06. The number of para-hydroxylation sites is 1. The van der Waals surface area contributed by atoms with Gasteiger partial charge in [-0.15, -0.1) is 0 Å². The maximum atomic E-state index is 12.7. The van der Waals surface area contributed by atoms with E-state index in [1.54, 1.807) is 0 Å². The van der Waals surface area contributed by atoms with Crippen LogP contribution in [0.1, 0.15) is 40.0 Å². The molecular formula is C17H13NO. The molecular weight excluding hydrogens is 234 g/mol. The van der Waals surface area contributed by atoms with Crippen LogP contribution < -0.4 is 4.90 Å². The van der Waals surface area contributed by atoms with Gasteiger partial charge < -0.3 is 4.90 Å². The Morgan fingerprint density at radius 3 is 2.58 bits per heavy atom. The first-order chi connectivity index (χ1) is 9.27. The van der Waals surface area contributed by atoms with Crippen molar-refractivity contribution in [2.45, 2.75) is 13.0 Å². The Labute approximate surface area is 112 Å². The molecule has 0 saturated heterocycles. The number of anilines is 1. The number of rotatable bonds is 0. The summed E-state index contributed by atoms with van der Waals surface area (Å²) in [6, 6.07) is 14.2. The minimum atomic E-state index is 0.104. The van der Waals surface area contributed by atoms with Crippen molar-refractivity contribution in [1.82, 2.24) is 0 Å². The molecule has 19 heavy (non-hydrogen) atoms. The number of carbonyl (C=O) groups is 1. The van der Waals surface area contributed by atoms with E-state index < -0.39 is 0 Å². The van der Waals surface area contributed by atoms with Gasteiger partial charge in [0.05, 0.1) is 11.7 Å². The predicted molar refractivity (Wildman–Crippen MR) is 77.0 cm³/mol. The van der Waals surface area contributed by atoms with E-state index in [0.29, 0.717) is 0 Å². The minimum Gasteiger partial charge on any atom is -0.300 e. The summed E-state index contributed by atoms with van der Waals surface area (Å²) in [5.74, 6) is 0.104. The molecule has 2 aliphatic heterocycles. The molecule has 0 aromatic heterocycles. The molecule has 1 amide bonds. The molecule has 0 saturated carbocycles. The summed E-state index contributed by atoms with van der Waals surface area (Å²) in [4.78, 5) is 14.6. The third kappa shape index (κ3) is 1.28. The molecule has 0 aliphatic carbocycles. The summed E-state index contributed by atoms with van der Waals surface area (Å²) >= 11 is 0. The minimum absolute atomic E-state index is 0.104. The Hall–Kier alpha value is -2.35. The summed E-state index contributed by atoms with van der Waals surface area (Å²) in [6.45, 7) is 2.08. The van der Waals surface area contributed by atoms with Crippen molar-refractivity contribution in [3.8, 4) is 0 Å². The molecule has 2 aromatic rings. The SMILES string of the molecule is CC1c2cccc3c2N1C(=O)c1ccccc1C=C3. The van der Waals surface area contributed by atoms with Gasteiger partial charge in [0.25, 0.3) is 5.91 Å². The zero-order chi connectivity index (χ0) is 13.0. The van der Waals surface area contributed by atoms with Crippen LogP contribution in [0.15, 0.2) is 42.5 Å². The smallest absolute Gasteiger partial charge is 0.259 e. The zero-order valence-electron chi connectivity index (χ0n) is 10.6. The standard InChI is InChI=1S/C17H13NO/c1-11-14-8-4-6-13-10-9-12-5-2-3-7-15(12)17(19)18(11)16(13)14/h2-11H,1H3. The number of amides is 1. The van der Waals surface area contributed by atoms with Crippen molar-refractivity contribution < 1.29 is 4.79 Å². The van der Waals surface area contributed by atoms with Gasteiger partial charge in [-0.3, -0.25) is 4.79 Å². The van der Waals surface area contributed by atoms with Crippen molar-refractivity contribution in [2.24, 2.45) is 0 Å². The second-order valence-electron chi connectivity index (χ2n) is 5.06. The fourth-order valence-corrected chi connectivity index (χ4v) is 3.02. The lowest BCUT2D eigenvalue weighted by molar-refractivity contribution is 0.0970. The van der Waals surface area contributed by atoms with Gasteiger partial charge in [0, 0.05) is 5.56 Å². The monoisotopic (exact) mass is 247 g/mol. The highest BCUT2D eigenvalue weighted by Crippen LogP contribution is 2.47. The largest absolute Gasteiger partial charge is 0.300 e. The summed E-state index contributed by atoms with van der Waals surface area (Å²) in [7, 11) is 0. The summed E-state index contributed by atoms with van der Waals surface area (Å²) in [6.07, 6.45) is 4.13. The molecule has 2 aliphatic rings. The number of hydrogen-bond acceptors (Lipinski definition) is 1. The third-order valence-corrected chi connectivity index (χ3v) is 4.03. The molecule has 2 nitrogen and oxygen atoms in total. The van der Waals surface area contributed by atoms with Crippen LogP contribution >= 0.6 is 0 Å². The van der Waals surface area contributed by atoms with Gasteiger partial charge in [-0.05, 0) is 29.7 Å². The van der Waals surface area contributed by atoms with Crippen LogP contribution in [-0.2, 0) is 0 Å². The van der Waals surface area contributed by atoms with Gasteiger partial charge in [-0.25, -0.2) is 0 Å². The highest BCUT2D eigenvalue weighted by molar-refractivity contribution is 6.14. The average Bonchev–Trinajstić information content (AvgIpc) is 2.43. The van der Waals surface area contributed by atoms with Gasteiger partial charge in [0.2, 0.25) is 0 Å². The molecule has 2 heteroatoms. The second kappa shape index (κ2) is 3.58. The normalized spacial score (nSPS) is 19.1. The molecule has 0 bridgehead atoms. The van der Waals surface area contributed by atoms with Crippen LogP contribution in [0, 0.1) is 0 Å². The Morgan fingerprint density at radius 1 is 0.947 bits per heavy atom. The van der Waals surface area contributed by atoms with Crippen molar-refractivity contribution in [3.63, 3.8) is 0 Å². The van der Waals surface area contributed by atoms with Gasteiger partial charge in [0.1, 0.15) is 0 Å². The van der Waals surface area contributed by atoms with Crippen LogP contribution in [-0.4, -0.2) is 5.91 Å². The number of fused-ring (bicyclic) bond motifs is 1. The Balaban J connectivity index is 2.01. The third-order valence-electron chi connectivity index (χ3n) is 4.03. The first-order valence-electron chi connectivity index (χ1n) is 6.51. The van der Waals surface area contributed by atoms with Crippen LogP contribution in [0.4, 0.5) is 5.69 Å². The number of hydrogen-bond donors (Lipinski definition) is 0.